The fourth-order valence-electron chi connectivity index (χ4n) is 3.45. The van der Waals surface area contributed by atoms with Gasteiger partial charge in [-0.3, -0.25) is 9.55 Å². The zero-order valence-corrected chi connectivity index (χ0v) is 15.5. The standard InChI is InChI=1S/C20H17FN8/c1-2-14(27-19-17-18(24-10-23-17)25-11-26-19)20-28-15-6-5-12(21)8-16(15)29(20)13-4-3-7-22-9-13/h3-11,14H,2H2,1H3,(H2,23,24,25,26,27). The molecule has 5 rings (SSSR count). The van der Waals surface area contributed by atoms with E-state index >= 15 is 0 Å². The van der Waals surface area contributed by atoms with Crippen molar-refractivity contribution in [3.63, 3.8) is 0 Å². The van der Waals surface area contributed by atoms with Gasteiger partial charge in [-0.15, -0.1) is 0 Å². The maximum atomic E-state index is 14.0. The van der Waals surface area contributed by atoms with E-state index in [-0.39, 0.29) is 11.9 Å². The fraction of sp³-hybridized carbons (Fsp3) is 0.150. The lowest BCUT2D eigenvalue weighted by atomic mass is 10.2. The molecule has 9 heteroatoms. The summed E-state index contributed by atoms with van der Waals surface area (Å²) in [5.41, 5.74) is 3.51. The van der Waals surface area contributed by atoms with E-state index < -0.39 is 0 Å². The number of hydrogen-bond acceptors (Lipinski definition) is 6. The minimum atomic E-state index is -0.315. The highest BCUT2D eigenvalue weighted by atomic mass is 19.1. The van der Waals surface area contributed by atoms with Gasteiger partial charge in [0.2, 0.25) is 0 Å². The van der Waals surface area contributed by atoms with Crippen LogP contribution in [0.2, 0.25) is 0 Å². The molecule has 1 aromatic carbocycles. The lowest BCUT2D eigenvalue weighted by Crippen LogP contribution is -2.16. The van der Waals surface area contributed by atoms with Crippen LogP contribution >= 0.6 is 0 Å². The number of fused-ring (bicyclic) bond motifs is 2. The highest BCUT2D eigenvalue weighted by Crippen LogP contribution is 2.30. The third kappa shape index (κ3) is 2.96. The number of rotatable bonds is 5. The Morgan fingerprint density at radius 1 is 1.21 bits per heavy atom. The third-order valence-corrected chi connectivity index (χ3v) is 4.80. The van der Waals surface area contributed by atoms with Crippen molar-refractivity contribution in [2.24, 2.45) is 0 Å². The van der Waals surface area contributed by atoms with Crippen LogP contribution in [0.3, 0.4) is 0 Å². The van der Waals surface area contributed by atoms with Gasteiger partial charge in [0.05, 0.1) is 35.3 Å². The second-order valence-corrected chi connectivity index (χ2v) is 6.58. The van der Waals surface area contributed by atoms with Crippen LogP contribution in [-0.4, -0.2) is 34.5 Å². The van der Waals surface area contributed by atoms with Crippen molar-refractivity contribution in [3.05, 3.63) is 67.0 Å². The van der Waals surface area contributed by atoms with Gasteiger partial charge in [-0.1, -0.05) is 6.92 Å². The second-order valence-electron chi connectivity index (χ2n) is 6.58. The molecule has 0 aliphatic rings. The first kappa shape index (κ1) is 17.2. The topological polar surface area (TPSA) is 97.2 Å². The molecule has 29 heavy (non-hydrogen) atoms. The molecule has 1 unspecified atom stereocenters. The van der Waals surface area contributed by atoms with Crippen LogP contribution in [0, 0.1) is 5.82 Å². The van der Waals surface area contributed by atoms with Gasteiger partial charge >= 0.3 is 0 Å². The Bertz CT molecular complexity index is 1290. The van der Waals surface area contributed by atoms with Crippen molar-refractivity contribution in [3.8, 4) is 5.69 Å². The van der Waals surface area contributed by atoms with Gasteiger partial charge in [-0.25, -0.2) is 24.3 Å². The third-order valence-electron chi connectivity index (χ3n) is 4.80. The minimum absolute atomic E-state index is 0.188. The molecule has 0 spiro atoms. The fourth-order valence-corrected chi connectivity index (χ4v) is 3.45. The molecule has 8 nitrogen and oxygen atoms in total. The van der Waals surface area contributed by atoms with Crippen molar-refractivity contribution in [2.75, 3.05) is 5.32 Å². The number of anilines is 1. The minimum Gasteiger partial charge on any atom is -0.358 e. The molecule has 4 aromatic heterocycles. The van der Waals surface area contributed by atoms with E-state index in [4.69, 9.17) is 4.98 Å². The van der Waals surface area contributed by atoms with Crippen molar-refractivity contribution < 1.29 is 4.39 Å². The van der Waals surface area contributed by atoms with Crippen LogP contribution in [0.25, 0.3) is 27.9 Å². The Morgan fingerprint density at radius 3 is 2.97 bits per heavy atom. The molecule has 0 radical (unpaired) electrons. The summed E-state index contributed by atoms with van der Waals surface area (Å²) in [4.78, 5) is 24.8. The number of imidazole rings is 2. The van der Waals surface area contributed by atoms with E-state index in [1.165, 1.54) is 18.5 Å². The van der Waals surface area contributed by atoms with Crippen LogP contribution in [0.1, 0.15) is 25.2 Å². The van der Waals surface area contributed by atoms with Gasteiger partial charge in [0.15, 0.2) is 11.5 Å². The lowest BCUT2D eigenvalue weighted by molar-refractivity contribution is 0.629. The summed E-state index contributed by atoms with van der Waals surface area (Å²) in [5.74, 6) is 1.06. The van der Waals surface area contributed by atoms with E-state index in [0.717, 1.165) is 23.4 Å². The Morgan fingerprint density at radius 2 is 2.14 bits per heavy atom. The van der Waals surface area contributed by atoms with Gasteiger partial charge in [0, 0.05) is 12.3 Å². The first-order valence-electron chi connectivity index (χ1n) is 9.23. The molecule has 0 amide bonds. The average Bonchev–Trinajstić information content (AvgIpc) is 3.37. The Balaban J connectivity index is 1.67. The summed E-state index contributed by atoms with van der Waals surface area (Å²) in [5, 5.41) is 3.44. The predicted octanol–water partition coefficient (Wildman–Crippen LogP) is 3.79. The molecule has 0 saturated heterocycles. The highest BCUT2D eigenvalue weighted by Gasteiger charge is 2.22. The maximum absolute atomic E-state index is 14.0. The number of halogens is 1. The van der Waals surface area contributed by atoms with E-state index in [1.807, 2.05) is 16.7 Å². The molecule has 2 N–H and O–H groups in total. The number of aromatic nitrogens is 7. The molecule has 5 aromatic rings. The summed E-state index contributed by atoms with van der Waals surface area (Å²) in [6.45, 7) is 2.05. The van der Waals surface area contributed by atoms with Gasteiger partial charge in [-0.05, 0) is 30.7 Å². The van der Waals surface area contributed by atoms with E-state index in [9.17, 15) is 4.39 Å². The molecular formula is C20H17FN8. The molecule has 0 fully saturated rings. The molecule has 0 bridgehead atoms. The molecule has 0 aliphatic heterocycles. The van der Waals surface area contributed by atoms with Crippen molar-refractivity contribution in [1.82, 2.24) is 34.5 Å². The summed E-state index contributed by atoms with van der Waals surface area (Å²) in [6, 6.07) is 8.17. The SMILES string of the molecule is CCC(Nc1ncnc2nc[nH]c12)c1nc2ccc(F)cc2n1-c1cccnc1. The van der Waals surface area contributed by atoms with Crippen LogP contribution in [0.5, 0.6) is 0 Å². The molecular weight excluding hydrogens is 371 g/mol. The number of nitrogens with zero attached hydrogens (tertiary/aromatic N) is 6. The Labute approximate surface area is 164 Å². The van der Waals surface area contributed by atoms with Crippen molar-refractivity contribution in [1.29, 1.82) is 0 Å². The van der Waals surface area contributed by atoms with E-state index in [1.54, 1.807) is 24.8 Å². The van der Waals surface area contributed by atoms with Gasteiger partial charge in [-0.2, -0.15) is 0 Å². The van der Waals surface area contributed by atoms with Crippen molar-refractivity contribution in [2.45, 2.75) is 19.4 Å². The summed E-state index contributed by atoms with van der Waals surface area (Å²) < 4.78 is 15.9. The molecule has 0 saturated carbocycles. The van der Waals surface area contributed by atoms with Gasteiger partial charge in [0.1, 0.15) is 23.5 Å². The Kier molecular flexibility index (Phi) is 4.12. The number of hydrogen-bond donors (Lipinski definition) is 2. The molecule has 4 heterocycles. The zero-order chi connectivity index (χ0) is 19.8. The smallest absolute Gasteiger partial charge is 0.182 e. The van der Waals surface area contributed by atoms with Gasteiger partial charge < -0.3 is 10.3 Å². The van der Waals surface area contributed by atoms with E-state index in [0.29, 0.717) is 22.5 Å². The normalized spacial score (nSPS) is 12.5. The monoisotopic (exact) mass is 388 g/mol. The number of H-pyrrole nitrogens is 1. The first-order valence-corrected chi connectivity index (χ1v) is 9.23. The zero-order valence-electron chi connectivity index (χ0n) is 15.5. The predicted molar refractivity (Wildman–Crippen MR) is 107 cm³/mol. The lowest BCUT2D eigenvalue weighted by Gasteiger charge is -2.19. The quantitative estimate of drug-likeness (QED) is 0.475. The van der Waals surface area contributed by atoms with Crippen LogP contribution < -0.4 is 5.32 Å². The molecule has 0 aliphatic carbocycles. The van der Waals surface area contributed by atoms with E-state index in [2.05, 4.69) is 37.2 Å². The maximum Gasteiger partial charge on any atom is 0.182 e. The summed E-state index contributed by atoms with van der Waals surface area (Å²) >= 11 is 0. The number of pyridine rings is 1. The van der Waals surface area contributed by atoms with Gasteiger partial charge in [0.25, 0.3) is 0 Å². The molecule has 144 valence electrons. The average molecular weight is 388 g/mol. The molecule has 1 atom stereocenters. The first-order chi connectivity index (χ1) is 14.2. The summed E-state index contributed by atoms with van der Waals surface area (Å²) in [6.07, 6.45) is 7.22. The van der Waals surface area contributed by atoms with Crippen LogP contribution in [0.4, 0.5) is 10.2 Å². The summed E-state index contributed by atoms with van der Waals surface area (Å²) in [7, 11) is 0. The largest absolute Gasteiger partial charge is 0.358 e. The number of aromatic amines is 1. The Hall–Kier alpha value is -3.88. The number of benzene rings is 1. The number of nitrogens with one attached hydrogen (secondary N) is 2. The highest BCUT2D eigenvalue weighted by molar-refractivity contribution is 5.82. The van der Waals surface area contributed by atoms with Crippen LogP contribution in [-0.2, 0) is 0 Å². The van der Waals surface area contributed by atoms with Crippen molar-refractivity contribution >= 4 is 28.0 Å². The van der Waals surface area contributed by atoms with Crippen LogP contribution in [0.15, 0.2) is 55.4 Å². The second kappa shape index (κ2) is 6.93.